The molecule has 0 saturated carbocycles. The molecule has 0 unspecified atom stereocenters. The van der Waals surface area contributed by atoms with Crippen LogP contribution in [0.4, 0.5) is 5.69 Å². The second-order valence-corrected chi connectivity index (χ2v) is 11.4. The smallest absolute Gasteiger partial charge is 0.251 e. The van der Waals surface area contributed by atoms with Gasteiger partial charge in [-0.1, -0.05) is 37.3 Å². The number of amides is 1. The van der Waals surface area contributed by atoms with Gasteiger partial charge >= 0.3 is 0 Å². The highest BCUT2D eigenvalue weighted by atomic mass is 32.2. The number of aryl methyl sites for hydroxylation is 2. The van der Waals surface area contributed by atoms with Gasteiger partial charge in [-0.2, -0.15) is 0 Å². The Hall–Kier alpha value is -2.52. The Kier molecular flexibility index (Phi) is 8.94. The second kappa shape index (κ2) is 12.6. The Morgan fingerprint density at radius 1 is 1.18 bits per heavy atom. The van der Waals surface area contributed by atoms with E-state index in [0.717, 1.165) is 68.0 Å². The largest absolute Gasteiger partial charge is 0.390 e. The van der Waals surface area contributed by atoms with Crippen molar-refractivity contribution in [2.75, 3.05) is 36.4 Å². The zero-order valence-corrected chi connectivity index (χ0v) is 23.3. The normalized spacial score (nSPS) is 17.8. The summed E-state index contributed by atoms with van der Waals surface area (Å²) >= 11 is 1.82. The van der Waals surface area contributed by atoms with Crippen LogP contribution in [0.3, 0.4) is 0 Å². The van der Waals surface area contributed by atoms with Gasteiger partial charge in [-0.15, -0.1) is 0 Å². The SMILES string of the molecule is CCc1cn2c3c(cc(C(=O)N[C@@H](Cc4ccccc4)[C@H](O)CNC4CCOCC4)cc13)N(CC)SCC2. The quantitative estimate of drug-likeness (QED) is 0.338. The van der Waals surface area contributed by atoms with Crippen LogP contribution in [0.5, 0.6) is 0 Å². The first-order valence-electron chi connectivity index (χ1n) is 14.0. The Bertz CT molecular complexity index is 1230. The number of ether oxygens (including phenoxy) is 1. The van der Waals surface area contributed by atoms with Crippen molar-refractivity contribution in [2.24, 2.45) is 0 Å². The molecule has 3 heterocycles. The lowest BCUT2D eigenvalue weighted by Crippen LogP contribution is -2.50. The number of benzene rings is 2. The standard InChI is InChI=1S/C30H40N4O3S/c1-3-22-20-33-12-15-38-34(4-2)27-18-23(17-25(22)29(27)33)30(36)32-26(16-21-8-6-5-7-9-21)28(35)19-31-24-10-13-37-14-11-24/h5-9,17-18,20,24,26,28,31,35H,3-4,10-16,19H2,1-2H3,(H,32,36)/t26-,28+/m0/s1. The van der Waals surface area contributed by atoms with Crippen LogP contribution in [-0.2, 0) is 24.1 Å². The molecule has 2 aliphatic rings. The van der Waals surface area contributed by atoms with Gasteiger partial charge in [-0.05, 0) is 67.8 Å². The van der Waals surface area contributed by atoms with Gasteiger partial charge in [0.25, 0.3) is 5.91 Å². The van der Waals surface area contributed by atoms with Crippen LogP contribution < -0.4 is 14.9 Å². The lowest BCUT2D eigenvalue weighted by Gasteiger charge is -2.29. The fourth-order valence-corrected chi connectivity index (χ4v) is 6.54. The third-order valence-corrected chi connectivity index (χ3v) is 8.86. The molecule has 3 N–H and O–H groups in total. The molecule has 38 heavy (non-hydrogen) atoms. The maximum atomic E-state index is 13.8. The summed E-state index contributed by atoms with van der Waals surface area (Å²) in [5, 5.41) is 19.1. The summed E-state index contributed by atoms with van der Waals surface area (Å²) in [6, 6.07) is 14.1. The summed E-state index contributed by atoms with van der Waals surface area (Å²) in [5.41, 5.74) is 5.30. The molecule has 2 atom stereocenters. The van der Waals surface area contributed by atoms with E-state index in [1.165, 1.54) is 11.1 Å². The van der Waals surface area contributed by atoms with E-state index in [0.29, 0.717) is 24.6 Å². The molecule has 1 saturated heterocycles. The zero-order chi connectivity index (χ0) is 26.5. The van der Waals surface area contributed by atoms with E-state index in [-0.39, 0.29) is 5.91 Å². The number of carbonyl (C=O) groups excluding carboxylic acids is 1. The molecule has 0 radical (unpaired) electrons. The minimum atomic E-state index is -0.720. The molecule has 0 spiro atoms. The Labute approximate surface area is 230 Å². The summed E-state index contributed by atoms with van der Waals surface area (Å²) in [6.07, 6.45) is 4.89. The molecular weight excluding hydrogens is 496 g/mol. The number of aliphatic hydroxyl groups excluding tert-OH is 1. The van der Waals surface area contributed by atoms with Crippen molar-refractivity contribution in [1.82, 2.24) is 15.2 Å². The highest BCUT2D eigenvalue weighted by Gasteiger charge is 2.26. The topological polar surface area (TPSA) is 78.8 Å². The maximum absolute atomic E-state index is 13.8. The number of anilines is 1. The molecule has 0 bridgehead atoms. The number of nitrogens with zero attached hydrogens (tertiary/aromatic N) is 2. The van der Waals surface area contributed by atoms with Gasteiger partial charge < -0.3 is 29.3 Å². The van der Waals surface area contributed by atoms with E-state index >= 15 is 0 Å². The van der Waals surface area contributed by atoms with Crippen molar-refractivity contribution in [1.29, 1.82) is 0 Å². The highest BCUT2D eigenvalue weighted by Crippen LogP contribution is 2.38. The summed E-state index contributed by atoms with van der Waals surface area (Å²) in [5.74, 6) is 0.858. The molecule has 5 rings (SSSR count). The van der Waals surface area contributed by atoms with Crippen molar-refractivity contribution in [3.63, 3.8) is 0 Å². The van der Waals surface area contributed by atoms with E-state index in [9.17, 15) is 9.90 Å². The van der Waals surface area contributed by atoms with E-state index in [2.05, 4.69) is 39.6 Å². The van der Waals surface area contributed by atoms with Crippen molar-refractivity contribution < 1.29 is 14.6 Å². The third kappa shape index (κ3) is 6.04. The Morgan fingerprint density at radius 2 is 1.97 bits per heavy atom. The van der Waals surface area contributed by atoms with Crippen molar-refractivity contribution >= 4 is 34.4 Å². The van der Waals surface area contributed by atoms with Gasteiger partial charge in [-0.25, -0.2) is 0 Å². The lowest BCUT2D eigenvalue weighted by molar-refractivity contribution is 0.0657. The first-order chi connectivity index (χ1) is 18.6. The van der Waals surface area contributed by atoms with Crippen LogP contribution in [0.1, 0.15) is 48.2 Å². The van der Waals surface area contributed by atoms with Crippen LogP contribution in [-0.4, -0.2) is 65.8 Å². The number of aromatic nitrogens is 1. The van der Waals surface area contributed by atoms with Gasteiger partial charge in [0, 0.05) is 61.8 Å². The van der Waals surface area contributed by atoms with E-state index in [1.807, 2.05) is 54.4 Å². The first kappa shape index (κ1) is 27.1. The number of aliphatic hydroxyl groups is 1. The number of hydrogen-bond donors (Lipinski definition) is 3. The zero-order valence-electron chi connectivity index (χ0n) is 22.5. The van der Waals surface area contributed by atoms with Gasteiger partial charge in [0.05, 0.1) is 23.3 Å². The molecule has 204 valence electrons. The Balaban J connectivity index is 1.41. The van der Waals surface area contributed by atoms with Gasteiger partial charge in [0.2, 0.25) is 0 Å². The first-order valence-corrected chi connectivity index (χ1v) is 14.9. The third-order valence-electron chi connectivity index (χ3n) is 7.73. The van der Waals surface area contributed by atoms with E-state index in [1.54, 1.807) is 0 Å². The van der Waals surface area contributed by atoms with Gasteiger partial charge in [-0.3, -0.25) is 4.79 Å². The number of hydrogen-bond acceptors (Lipinski definition) is 6. The molecule has 0 aliphatic carbocycles. The predicted octanol–water partition coefficient (Wildman–Crippen LogP) is 4.16. The second-order valence-electron chi connectivity index (χ2n) is 10.3. The van der Waals surface area contributed by atoms with Crippen molar-refractivity contribution in [2.45, 2.75) is 64.3 Å². The number of carbonyl (C=O) groups is 1. The monoisotopic (exact) mass is 536 g/mol. The van der Waals surface area contributed by atoms with Crippen molar-refractivity contribution in [3.05, 3.63) is 65.4 Å². The molecular formula is C30H40N4O3S. The molecule has 7 nitrogen and oxygen atoms in total. The fourth-order valence-electron chi connectivity index (χ4n) is 5.58. The van der Waals surface area contributed by atoms with Crippen LogP contribution >= 0.6 is 11.9 Å². The molecule has 2 aliphatic heterocycles. The van der Waals surface area contributed by atoms with Crippen molar-refractivity contribution in [3.8, 4) is 0 Å². The molecule has 8 heteroatoms. The number of nitrogens with one attached hydrogen (secondary N) is 2. The minimum Gasteiger partial charge on any atom is -0.390 e. The average Bonchev–Trinajstić information content (AvgIpc) is 3.21. The average molecular weight is 537 g/mol. The Morgan fingerprint density at radius 3 is 2.71 bits per heavy atom. The molecule has 1 amide bonds. The summed E-state index contributed by atoms with van der Waals surface area (Å²) in [6.45, 7) is 8.07. The maximum Gasteiger partial charge on any atom is 0.251 e. The van der Waals surface area contributed by atoms with Crippen LogP contribution in [0.25, 0.3) is 10.9 Å². The molecule has 1 fully saturated rings. The molecule has 3 aromatic rings. The van der Waals surface area contributed by atoms with Gasteiger partial charge in [0.1, 0.15) is 0 Å². The summed E-state index contributed by atoms with van der Waals surface area (Å²) in [7, 11) is 0. The fraction of sp³-hybridized carbons (Fsp3) is 0.500. The van der Waals surface area contributed by atoms with Crippen LogP contribution in [0.15, 0.2) is 48.7 Å². The molecule has 1 aromatic heterocycles. The minimum absolute atomic E-state index is 0.144. The lowest BCUT2D eigenvalue weighted by atomic mass is 9.99. The van der Waals surface area contributed by atoms with Gasteiger partial charge in [0.15, 0.2) is 0 Å². The highest BCUT2D eigenvalue weighted by molar-refractivity contribution is 8.00. The number of rotatable bonds is 10. The van der Waals surface area contributed by atoms with Crippen LogP contribution in [0, 0.1) is 0 Å². The summed E-state index contributed by atoms with van der Waals surface area (Å²) < 4.78 is 10.1. The van der Waals surface area contributed by atoms with E-state index < -0.39 is 12.1 Å². The van der Waals surface area contributed by atoms with Crippen LogP contribution in [0.2, 0.25) is 0 Å². The predicted molar refractivity (Wildman–Crippen MR) is 156 cm³/mol. The van der Waals surface area contributed by atoms with E-state index in [4.69, 9.17) is 4.74 Å². The summed E-state index contributed by atoms with van der Waals surface area (Å²) in [4.78, 5) is 13.8. The molecule has 2 aromatic carbocycles.